The van der Waals surface area contributed by atoms with Crippen molar-refractivity contribution in [1.29, 1.82) is 0 Å². The monoisotopic (exact) mass is 187 g/mol. The minimum absolute atomic E-state index is 0.141. The predicted molar refractivity (Wildman–Crippen MR) is 57.2 cm³/mol. The van der Waals surface area contributed by atoms with Crippen molar-refractivity contribution in [2.45, 2.75) is 19.3 Å². The van der Waals surface area contributed by atoms with Gasteiger partial charge < -0.3 is 0 Å². The van der Waals surface area contributed by atoms with Crippen LogP contribution in [0.3, 0.4) is 0 Å². The van der Waals surface area contributed by atoms with Gasteiger partial charge in [-0.2, -0.15) is 0 Å². The molecule has 0 saturated heterocycles. The number of para-hydroxylation sites is 1. The fourth-order valence-electron chi connectivity index (χ4n) is 1.93. The summed E-state index contributed by atoms with van der Waals surface area (Å²) in [5.41, 5.74) is 2.82. The number of nitrogens with zero attached hydrogens (tertiary/aromatic N) is 1. The normalized spacial score (nSPS) is 18.1. The Kier molecular flexibility index (Phi) is 1.74. The summed E-state index contributed by atoms with van der Waals surface area (Å²) < 4.78 is 0. The van der Waals surface area contributed by atoms with Gasteiger partial charge in [0.15, 0.2) is 0 Å². The molecule has 0 radical (unpaired) electrons. The summed E-state index contributed by atoms with van der Waals surface area (Å²) in [5.74, 6) is 0. The summed E-state index contributed by atoms with van der Waals surface area (Å²) >= 11 is 0. The molecule has 2 rings (SSSR count). The summed E-state index contributed by atoms with van der Waals surface area (Å²) in [6.45, 7) is 8.13. The van der Waals surface area contributed by atoms with Gasteiger partial charge in [0.05, 0.1) is 5.69 Å². The number of allylic oxidation sites excluding steroid dienone is 1. The molecular formula is C12H13NO. The number of fused-ring (bicyclic) bond motifs is 1. The summed E-state index contributed by atoms with van der Waals surface area (Å²) in [6, 6.07) is 7.92. The first kappa shape index (κ1) is 9.00. The average Bonchev–Trinajstić information content (AvgIpc) is 2.37. The van der Waals surface area contributed by atoms with E-state index in [1.807, 2.05) is 24.3 Å². The zero-order chi connectivity index (χ0) is 10.3. The first-order valence-corrected chi connectivity index (χ1v) is 4.62. The van der Waals surface area contributed by atoms with Crippen LogP contribution in [-0.2, 0) is 10.2 Å². The number of anilines is 1. The molecule has 0 spiro atoms. The fourth-order valence-corrected chi connectivity index (χ4v) is 1.93. The van der Waals surface area contributed by atoms with Crippen LogP contribution in [0.2, 0.25) is 0 Å². The Morgan fingerprint density at radius 3 is 2.64 bits per heavy atom. The first-order chi connectivity index (χ1) is 6.59. The van der Waals surface area contributed by atoms with Crippen LogP contribution in [0.25, 0.3) is 0 Å². The van der Waals surface area contributed by atoms with Gasteiger partial charge >= 0.3 is 0 Å². The minimum atomic E-state index is -0.141. The second-order valence-electron chi connectivity index (χ2n) is 4.06. The first-order valence-electron chi connectivity index (χ1n) is 4.62. The molecule has 14 heavy (non-hydrogen) atoms. The van der Waals surface area contributed by atoms with Crippen LogP contribution in [0.5, 0.6) is 0 Å². The van der Waals surface area contributed by atoms with Crippen LogP contribution in [0.1, 0.15) is 19.4 Å². The number of amides is 1. The molecule has 1 aromatic carbocycles. The number of carbonyl (C=O) groups excluding carboxylic acids is 1. The number of benzene rings is 1. The van der Waals surface area contributed by atoms with Crippen LogP contribution in [0.15, 0.2) is 36.5 Å². The third-order valence-electron chi connectivity index (χ3n) is 2.95. The molecule has 1 amide bonds. The van der Waals surface area contributed by atoms with Gasteiger partial charge in [-0.3, -0.25) is 9.69 Å². The van der Waals surface area contributed by atoms with E-state index >= 15 is 0 Å². The Hall–Kier alpha value is -1.57. The van der Waals surface area contributed by atoms with Gasteiger partial charge in [0.1, 0.15) is 0 Å². The third kappa shape index (κ3) is 0.939. The SMILES string of the molecule is C=C1N(C=O)c2ccccc2C1(C)C. The number of carbonyl (C=O) groups is 1. The van der Waals surface area contributed by atoms with E-state index in [1.54, 1.807) is 4.90 Å². The van der Waals surface area contributed by atoms with Gasteiger partial charge in [0.25, 0.3) is 0 Å². The van der Waals surface area contributed by atoms with Crippen LogP contribution in [-0.4, -0.2) is 6.41 Å². The second-order valence-corrected chi connectivity index (χ2v) is 4.06. The largest absolute Gasteiger partial charge is 0.287 e. The molecule has 1 aromatic rings. The van der Waals surface area contributed by atoms with Crippen molar-refractivity contribution in [1.82, 2.24) is 0 Å². The van der Waals surface area contributed by atoms with E-state index in [4.69, 9.17) is 0 Å². The molecule has 2 heteroatoms. The van der Waals surface area contributed by atoms with Gasteiger partial charge in [0, 0.05) is 11.1 Å². The van der Waals surface area contributed by atoms with E-state index in [9.17, 15) is 4.79 Å². The van der Waals surface area contributed by atoms with Crippen LogP contribution in [0, 0.1) is 0 Å². The number of rotatable bonds is 1. The van der Waals surface area contributed by atoms with Crippen molar-refractivity contribution in [2.24, 2.45) is 0 Å². The summed E-state index contributed by atoms with van der Waals surface area (Å²) in [5, 5.41) is 0. The van der Waals surface area contributed by atoms with Gasteiger partial charge in [-0.25, -0.2) is 0 Å². The maximum absolute atomic E-state index is 10.9. The van der Waals surface area contributed by atoms with E-state index < -0.39 is 0 Å². The Morgan fingerprint density at radius 2 is 2.00 bits per heavy atom. The number of hydrogen-bond acceptors (Lipinski definition) is 1. The quantitative estimate of drug-likeness (QED) is 0.618. The Morgan fingerprint density at radius 1 is 1.36 bits per heavy atom. The molecule has 0 saturated carbocycles. The Balaban J connectivity index is 2.68. The lowest BCUT2D eigenvalue weighted by Crippen LogP contribution is -2.23. The van der Waals surface area contributed by atoms with Crippen molar-refractivity contribution in [3.05, 3.63) is 42.1 Å². The maximum atomic E-state index is 10.9. The van der Waals surface area contributed by atoms with E-state index in [0.717, 1.165) is 23.4 Å². The van der Waals surface area contributed by atoms with Gasteiger partial charge in [0.2, 0.25) is 6.41 Å². The van der Waals surface area contributed by atoms with Gasteiger partial charge in [-0.1, -0.05) is 38.6 Å². The van der Waals surface area contributed by atoms with Crippen molar-refractivity contribution in [3.63, 3.8) is 0 Å². The summed E-state index contributed by atoms with van der Waals surface area (Å²) in [4.78, 5) is 12.6. The smallest absolute Gasteiger partial charge is 0.218 e. The van der Waals surface area contributed by atoms with E-state index in [2.05, 4.69) is 20.4 Å². The standard InChI is InChI=1S/C12H13NO/c1-9-12(2,3)10-6-4-5-7-11(10)13(9)8-14/h4-8H,1H2,2-3H3. The van der Waals surface area contributed by atoms with Crippen LogP contribution in [0.4, 0.5) is 5.69 Å². The molecule has 0 aliphatic carbocycles. The summed E-state index contributed by atoms with van der Waals surface area (Å²) in [6.07, 6.45) is 0.829. The molecule has 0 fully saturated rings. The third-order valence-corrected chi connectivity index (χ3v) is 2.95. The Labute approximate surface area is 83.8 Å². The second kappa shape index (κ2) is 2.71. The highest BCUT2D eigenvalue weighted by Gasteiger charge is 2.38. The molecule has 0 unspecified atom stereocenters. The molecular weight excluding hydrogens is 174 g/mol. The molecule has 1 aliphatic rings. The molecule has 2 nitrogen and oxygen atoms in total. The molecule has 72 valence electrons. The molecule has 0 atom stereocenters. The number of hydrogen-bond donors (Lipinski definition) is 0. The zero-order valence-electron chi connectivity index (χ0n) is 8.45. The zero-order valence-corrected chi connectivity index (χ0v) is 8.45. The molecule has 0 bridgehead atoms. The van der Waals surface area contributed by atoms with E-state index in [1.165, 1.54) is 0 Å². The van der Waals surface area contributed by atoms with Gasteiger partial charge in [-0.15, -0.1) is 0 Å². The predicted octanol–water partition coefficient (Wildman–Crippen LogP) is 2.45. The molecule has 0 aromatic heterocycles. The lowest BCUT2D eigenvalue weighted by molar-refractivity contribution is -0.107. The maximum Gasteiger partial charge on any atom is 0.218 e. The molecule has 0 N–H and O–H groups in total. The van der Waals surface area contributed by atoms with Crippen molar-refractivity contribution in [3.8, 4) is 0 Å². The fraction of sp³-hybridized carbons (Fsp3) is 0.250. The highest BCUT2D eigenvalue weighted by atomic mass is 16.1. The summed E-state index contributed by atoms with van der Waals surface area (Å²) in [7, 11) is 0. The van der Waals surface area contributed by atoms with Crippen molar-refractivity contribution >= 4 is 12.1 Å². The highest BCUT2D eigenvalue weighted by Crippen LogP contribution is 2.45. The molecule has 1 heterocycles. The lowest BCUT2D eigenvalue weighted by atomic mass is 9.85. The minimum Gasteiger partial charge on any atom is -0.287 e. The van der Waals surface area contributed by atoms with E-state index in [-0.39, 0.29) is 5.41 Å². The van der Waals surface area contributed by atoms with Crippen LogP contribution < -0.4 is 4.90 Å². The van der Waals surface area contributed by atoms with Gasteiger partial charge in [-0.05, 0) is 11.6 Å². The highest BCUT2D eigenvalue weighted by molar-refractivity contribution is 5.87. The van der Waals surface area contributed by atoms with Crippen molar-refractivity contribution in [2.75, 3.05) is 4.90 Å². The van der Waals surface area contributed by atoms with Crippen molar-refractivity contribution < 1.29 is 4.79 Å². The van der Waals surface area contributed by atoms with E-state index in [0.29, 0.717) is 0 Å². The Bertz CT molecular complexity index is 407. The van der Waals surface area contributed by atoms with Crippen LogP contribution >= 0.6 is 0 Å². The topological polar surface area (TPSA) is 20.3 Å². The lowest BCUT2D eigenvalue weighted by Gasteiger charge is -2.21. The molecule has 1 aliphatic heterocycles. The average molecular weight is 187 g/mol.